The standard InChI is InChI=1S/C24H31N5O2/c1-25-23-26-14-19(15-27-23)16-29-12-10-24(11-13-29)9-5-4-7-20-6-2-3-8-21(20)31-17-22(30)28-18-24/h2-6,8,14-15H,7,9-13,16-18H2,1H3,(H,28,30)(H,25,26,27)/b5-4+. The number of para-hydroxylation sites is 1. The van der Waals surface area contributed by atoms with Crippen molar-refractivity contribution in [2.45, 2.75) is 32.2 Å². The summed E-state index contributed by atoms with van der Waals surface area (Å²) in [6.45, 7) is 3.60. The number of hydrogen-bond donors (Lipinski definition) is 2. The molecule has 2 aliphatic rings. The zero-order valence-corrected chi connectivity index (χ0v) is 18.1. The summed E-state index contributed by atoms with van der Waals surface area (Å²) in [6, 6.07) is 7.94. The van der Waals surface area contributed by atoms with Crippen LogP contribution in [-0.2, 0) is 17.8 Å². The monoisotopic (exact) mass is 421 g/mol. The number of amides is 1. The molecular weight excluding hydrogens is 390 g/mol. The van der Waals surface area contributed by atoms with E-state index in [4.69, 9.17) is 4.74 Å². The largest absolute Gasteiger partial charge is 0.483 e. The maximum atomic E-state index is 12.4. The Bertz CT molecular complexity index is 904. The molecule has 0 saturated carbocycles. The van der Waals surface area contributed by atoms with Crippen LogP contribution < -0.4 is 15.4 Å². The van der Waals surface area contributed by atoms with Crippen molar-refractivity contribution in [1.29, 1.82) is 0 Å². The number of likely N-dealkylation sites (tertiary alicyclic amines) is 1. The molecule has 7 heteroatoms. The number of fused-ring (bicyclic) bond motifs is 1. The minimum atomic E-state index is -0.0528. The number of piperidine rings is 1. The third-order valence-corrected chi connectivity index (χ3v) is 6.30. The second kappa shape index (κ2) is 9.92. The van der Waals surface area contributed by atoms with E-state index in [0.717, 1.165) is 62.2 Å². The normalized spacial score (nSPS) is 20.5. The van der Waals surface area contributed by atoms with Crippen LogP contribution in [0.4, 0.5) is 5.95 Å². The minimum absolute atomic E-state index is 0.0528. The van der Waals surface area contributed by atoms with Crippen molar-refractivity contribution in [1.82, 2.24) is 20.2 Å². The van der Waals surface area contributed by atoms with Crippen LogP contribution in [0.25, 0.3) is 0 Å². The number of ether oxygens (including phenoxy) is 1. The van der Waals surface area contributed by atoms with E-state index in [-0.39, 0.29) is 17.9 Å². The fourth-order valence-electron chi connectivity index (χ4n) is 4.30. The van der Waals surface area contributed by atoms with Crippen LogP contribution in [0.15, 0.2) is 48.8 Å². The lowest BCUT2D eigenvalue weighted by molar-refractivity contribution is -0.123. The second-order valence-electron chi connectivity index (χ2n) is 8.49. The summed E-state index contributed by atoms with van der Waals surface area (Å²) in [5, 5.41) is 6.07. The van der Waals surface area contributed by atoms with Gasteiger partial charge in [-0.15, -0.1) is 0 Å². The lowest BCUT2D eigenvalue weighted by atomic mass is 9.75. The minimum Gasteiger partial charge on any atom is -0.483 e. The Labute approximate surface area is 183 Å². The van der Waals surface area contributed by atoms with E-state index in [0.29, 0.717) is 12.5 Å². The number of carbonyl (C=O) groups is 1. The summed E-state index contributed by atoms with van der Waals surface area (Å²) in [5.41, 5.74) is 2.33. The quantitative estimate of drug-likeness (QED) is 0.742. The predicted octanol–water partition coefficient (Wildman–Crippen LogP) is 2.80. The van der Waals surface area contributed by atoms with Crippen LogP contribution in [0, 0.1) is 5.41 Å². The van der Waals surface area contributed by atoms with Crippen molar-refractivity contribution in [3.63, 3.8) is 0 Å². The number of aromatic nitrogens is 2. The molecule has 1 amide bonds. The Morgan fingerprint density at radius 2 is 1.94 bits per heavy atom. The van der Waals surface area contributed by atoms with E-state index >= 15 is 0 Å². The maximum absolute atomic E-state index is 12.4. The molecule has 2 N–H and O–H groups in total. The summed E-state index contributed by atoms with van der Waals surface area (Å²) in [5.74, 6) is 1.38. The molecule has 31 heavy (non-hydrogen) atoms. The van der Waals surface area contributed by atoms with Crippen molar-refractivity contribution >= 4 is 11.9 Å². The van der Waals surface area contributed by atoms with Crippen molar-refractivity contribution in [2.75, 3.05) is 38.6 Å². The second-order valence-corrected chi connectivity index (χ2v) is 8.49. The van der Waals surface area contributed by atoms with Gasteiger partial charge in [-0.3, -0.25) is 9.69 Å². The summed E-state index contributed by atoms with van der Waals surface area (Å²) in [7, 11) is 1.82. The van der Waals surface area contributed by atoms with Crippen LogP contribution in [0.2, 0.25) is 0 Å². The molecule has 1 aromatic carbocycles. The molecule has 3 heterocycles. The molecule has 0 aliphatic carbocycles. The van der Waals surface area contributed by atoms with Gasteiger partial charge in [0.25, 0.3) is 5.91 Å². The van der Waals surface area contributed by atoms with Crippen LogP contribution in [0.3, 0.4) is 0 Å². The van der Waals surface area contributed by atoms with Crippen LogP contribution >= 0.6 is 0 Å². The van der Waals surface area contributed by atoms with Gasteiger partial charge in [-0.25, -0.2) is 9.97 Å². The first-order valence-corrected chi connectivity index (χ1v) is 11.0. The maximum Gasteiger partial charge on any atom is 0.257 e. The molecule has 1 fully saturated rings. The van der Waals surface area contributed by atoms with E-state index in [1.807, 2.05) is 37.6 Å². The van der Waals surface area contributed by atoms with Crippen LogP contribution in [0.5, 0.6) is 5.75 Å². The third-order valence-electron chi connectivity index (χ3n) is 6.30. The molecule has 4 rings (SSSR count). The molecule has 1 saturated heterocycles. The fourth-order valence-corrected chi connectivity index (χ4v) is 4.30. The predicted molar refractivity (Wildman–Crippen MR) is 121 cm³/mol. The van der Waals surface area contributed by atoms with Gasteiger partial charge in [0.15, 0.2) is 6.61 Å². The molecule has 2 aliphatic heterocycles. The number of hydrogen-bond acceptors (Lipinski definition) is 6. The molecule has 164 valence electrons. The molecule has 0 radical (unpaired) electrons. The number of benzene rings is 1. The van der Waals surface area contributed by atoms with Crippen molar-refractivity contribution < 1.29 is 9.53 Å². The third kappa shape index (κ3) is 5.61. The number of rotatable bonds is 3. The van der Waals surface area contributed by atoms with Gasteiger partial charge < -0.3 is 15.4 Å². The average Bonchev–Trinajstić information content (AvgIpc) is 2.81. The Morgan fingerprint density at radius 3 is 2.71 bits per heavy atom. The van der Waals surface area contributed by atoms with E-state index in [9.17, 15) is 4.79 Å². The molecular formula is C24H31N5O2. The molecule has 1 aromatic heterocycles. The lowest BCUT2D eigenvalue weighted by Gasteiger charge is -2.41. The van der Waals surface area contributed by atoms with E-state index in [1.54, 1.807) is 0 Å². The highest BCUT2D eigenvalue weighted by Crippen LogP contribution is 2.35. The number of nitrogens with one attached hydrogen (secondary N) is 2. The van der Waals surface area contributed by atoms with Crippen molar-refractivity contribution in [3.05, 3.63) is 59.9 Å². The van der Waals surface area contributed by atoms with E-state index in [1.165, 1.54) is 0 Å². The summed E-state index contributed by atoms with van der Waals surface area (Å²) >= 11 is 0. The smallest absolute Gasteiger partial charge is 0.257 e. The van der Waals surface area contributed by atoms with Crippen LogP contribution in [-0.4, -0.2) is 54.1 Å². The highest BCUT2D eigenvalue weighted by Gasteiger charge is 2.34. The summed E-state index contributed by atoms with van der Waals surface area (Å²) in [6.07, 6.45) is 12.2. The zero-order valence-electron chi connectivity index (χ0n) is 18.1. The van der Waals surface area contributed by atoms with Gasteiger partial charge in [0.1, 0.15) is 5.75 Å². The zero-order chi connectivity index (χ0) is 21.5. The summed E-state index contributed by atoms with van der Waals surface area (Å²) < 4.78 is 5.78. The van der Waals surface area contributed by atoms with Crippen LogP contribution in [0.1, 0.15) is 30.4 Å². The van der Waals surface area contributed by atoms with Gasteiger partial charge in [-0.2, -0.15) is 0 Å². The Balaban J connectivity index is 1.39. The Hall–Kier alpha value is -2.93. The Morgan fingerprint density at radius 1 is 1.16 bits per heavy atom. The van der Waals surface area contributed by atoms with Gasteiger partial charge in [-0.1, -0.05) is 30.4 Å². The van der Waals surface area contributed by atoms with Crippen molar-refractivity contribution in [2.24, 2.45) is 5.41 Å². The first-order valence-electron chi connectivity index (χ1n) is 11.0. The number of anilines is 1. The van der Waals surface area contributed by atoms with Gasteiger partial charge >= 0.3 is 0 Å². The van der Waals surface area contributed by atoms with Gasteiger partial charge in [0.2, 0.25) is 5.95 Å². The highest BCUT2D eigenvalue weighted by atomic mass is 16.5. The van der Waals surface area contributed by atoms with E-state index in [2.05, 4.69) is 43.7 Å². The molecule has 2 aromatic rings. The molecule has 0 unspecified atom stereocenters. The molecule has 1 spiro atoms. The topological polar surface area (TPSA) is 79.4 Å². The SMILES string of the molecule is CNc1ncc(CN2CCC3(C/C=C/Cc4ccccc4OCC(=O)NC3)CC2)cn1. The number of nitrogens with zero attached hydrogens (tertiary/aromatic N) is 3. The van der Waals surface area contributed by atoms with Gasteiger partial charge in [0.05, 0.1) is 0 Å². The van der Waals surface area contributed by atoms with Crippen molar-refractivity contribution in [3.8, 4) is 5.75 Å². The average molecular weight is 422 g/mol. The molecule has 0 bridgehead atoms. The van der Waals surface area contributed by atoms with Gasteiger partial charge in [-0.05, 0) is 55.8 Å². The lowest BCUT2D eigenvalue weighted by Crippen LogP contribution is -2.46. The molecule has 7 nitrogen and oxygen atoms in total. The number of carbonyl (C=O) groups excluding carboxylic acids is 1. The van der Waals surface area contributed by atoms with E-state index < -0.39 is 0 Å². The molecule has 0 atom stereocenters. The Kier molecular flexibility index (Phi) is 6.82. The highest BCUT2D eigenvalue weighted by molar-refractivity contribution is 5.77. The summed E-state index contributed by atoms with van der Waals surface area (Å²) in [4.78, 5) is 23.5. The van der Waals surface area contributed by atoms with Gasteiger partial charge in [0, 0.05) is 38.1 Å². The number of allylic oxidation sites excluding steroid dienone is 2. The first kappa shape index (κ1) is 21.3. The first-order chi connectivity index (χ1) is 15.2. The fraction of sp³-hybridized carbons (Fsp3) is 0.458.